The second-order valence-corrected chi connectivity index (χ2v) is 5.88. The van der Waals surface area contributed by atoms with Crippen LogP contribution in [0, 0.1) is 12.8 Å². The minimum atomic E-state index is -0.796. The molecule has 0 spiro atoms. The molecule has 0 heterocycles. The SMILES string of the molecule is Cc1cc2c(cc1CC(=O)O)CC(C(C)(C)O)C2. The van der Waals surface area contributed by atoms with E-state index in [2.05, 4.69) is 6.07 Å². The summed E-state index contributed by atoms with van der Waals surface area (Å²) in [4.78, 5) is 10.8. The summed E-state index contributed by atoms with van der Waals surface area (Å²) < 4.78 is 0. The van der Waals surface area contributed by atoms with Gasteiger partial charge in [0.05, 0.1) is 12.0 Å². The van der Waals surface area contributed by atoms with Gasteiger partial charge in [0.25, 0.3) is 0 Å². The fourth-order valence-electron chi connectivity index (χ4n) is 2.70. The standard InChI is InChI=1S/C15H20O3/c1-9-4-11-6-13(15(2,3)18)7-12(11)5-10(9)8-14(16)17/h4-5,13,18H,6-8H2,1-3H3,(H,16,17). The summed E-state index contributed by atoms with van der Waals surface area (Å²) >= 11 is 0. The first-order chi connectivity index (χ1) is 8.27. The minimum absolute atomic E-state index is 0.0757. The van der Waals surface area contributed by atoms with Gasteiger partial charge in [-0.2, -0.15) is 0 Å². The Kier molecular flexibility index (Phi) is 3.20. The summed E-state index contributed by atoms with van der Waals surface area (Å²) in [5, 5.41) is 19.0. The Hall–Kier alpha value is -1.35. The third-order valence-electron chi connectivity index (χ3n) is 3.93. The van der Waals surface area contributed by atoms with E-state index in [0.29, 0.717) is 0 Å². The van der Waals surface area contributed by atoms with Gasteiger partial charge in [-0.05, 0) is 61.8 Å². The Labute approximate surface area is 107 Å². The fourth-order valence-corrected chi connectivity index (χ4v) is 2.70. The number of carboxylic acid groups (broad SMARTS) is 1. The smallest absolute Gasteiger partial charge is 0.307 e. The molecule has 1 aromatic rings. The number of carboxylic acids is 1. The van der Waals surface area contributed by atoms with Gasteiger partial charge >= 0.3 is 5.97 Å². The molecular weight excluding hydrogens is 228 g/mol. The van der Waals surface area contributed by atoms with Crippen LogP contribution in [0.4, 0.5) is 0 Å². The number of benzene rings is 1. The van der Waals surface area contributed by atoms with Crippen molar-refractivity contribution in [2.24, 2.45) is 5.92 Å². The highest BCUT2D eigenvalue weighted by Crippen LogP contribution is 2.35. The quantitative estimate of drug-likeness (QED) is 0.861. The summed E-state index contributed by atoms with van der Waals surface area (Å²) in [6.45, 7) is 5.64. The van der Waals surface area contributed by atoms with E-state index < -0.39 is 11.6 Å². The van der Waals surface area contributed by atoms with Crippen LogP contribution < -0.4 is 0 Å². The zero-order valence-electron chi connectivity index (χ0n) is 11.2. The van der Waals surface area contributed by atoms with Gasteiger partial charge in [0.1, 0.15) is 0 Å². The molecule has 1 unspecified atom stereocenters. The average molecular weight is 248 g/mol. The number of rotatable bonds is 3. The van der Waals surface area contributed by atoms with Gasteiger partial charge in [0.15, 0.2) is 0 Å². The molecule has 0 bridgehead atoms. The third-order valence-corrected chi connectivity index (χ3v) is 3.93. The first-order valence-electron chi connectivity index (χ1n) is 6.33. The van der Waals surface area contributed by atoms with Crippen LogP contribution in [0.3, 0.4) is 0 Å². The van der Waals surface area contributed by atoms with Crippen LogP contribution in [0.2, 0.25) is 0 Å². The van der Waals surface area contributed by atoms with Crippen LogP contribution in [0.5, 0.6) is 0 Å². The molecule has 0 saturated heterocycles. The number of hydrogen-bond acceptors (Lipinski definition) is 2. The lowest BCUT2D eigenvalue weighted by Gasteiger charge is -2.24. The molecule has 1 aliphatic rings. The molecule has 1 aliphatic carbocycles. The van der Waals surface area contributed by atoms with Gasteiger partial charge in [-0.3, -0.25) is 4.79 Å². The van der Waals surface area contributed by atoms with Crippen LogP contribution in [-0.2, 0) is 24.1 Å². The van der Waals surface area contributed by atoms with E-state index in [-0.39, 0.29) is 12.3 Å². The van der Waals surface area contributed by atoms with Crippen molar-refractivity contribution in [3.8, 4) is 0 Å². The summed E-state index contributed by atoms with van der Waals surface area (Å²) in [6.07, 6.45) is 1.80. The summed E-state index contributed by atoms with van der Waals surface area (Å²) in [7, 11) is 0. The first kappa shape index (κ1) is 13.1. The second kappa shape index (κ2) is 4.39. The zero-order chi connectivity index (χ0) is 13.5. The van der Waals surface area contributed by atoms with Crippen molar-refractivity contribution >= 4 is 5.97 Å². The number of aliphatic carboxylic acids is 1. The van der Waals surface area contributed by atoms with Gasteiger partial charge in [-0.1, -0.05) is 12.1 Å². The Morgan fingerprint density at radius 1 is 1.33 bits per heavy atom. The van der Waals surface area contributed by atoms with Crippen LogP contribution in [0.15, 0.2) is 12.1 Å². The minimum Gasteiger partial charge on any atom is -0.481 e. The van der Waals surface area contributed by atoms with Crippen LogP contribution in [-0.4, -0.2) is 21.8 Å². The number of aliphatic hydroxyl groups is 1. The zero-order valence-corrected chi connectivity index (χ0v) is 11.2. The molecule has 0 radical (unpaired) electrons. The maximum Gasteiger partial charge on any atom is 0.307 e. The maximum atomic E-state index is 10.8. The highest BCUT2D eigenvalue weighted by molar-refractivity contribution is 5.71. The number of aryl methyl sites for hydroxylation is 1. The average Bonchev–Trinajstić information content (AvgIpc) is 2.59. The molecule has 0 aromatic heterocycles. The van der Waals surface area contributed by atoms with Crippen molar-refractivity contribution in [2.45, 2.75) is 45.6 Å². The van der Waals surface area contributed by atoms with Crippen molar-refractivity contribution in [3.63, 3.8) is 0 Å². The molecule has 0 amide bonds. The van der Waals surface area contributed by atoms with Gasteiger partial charge in [0.2, 0.25) is 0 Å². The van der Waals surface area contributed by atoms with E-state index >= 15 is 0 Å². The van der Waals surface area contributed by atoms with E-state index in [9.17, 15) is 9.90 Å². The van der Waals surface area contributed by atoms with Crippen molar-refractivity contribution in [2.75, 3.05) is 0 Å². The largest absolute Gasteiger partial charge is 0.481 e. The monoisotopic (exact) mass is 248 g/mol. The molecule has 0 aliphatic heterocycles. The van der Waals surface area contributed by atoms with Crippen LogP contribution >= 0.6 is 0 Å². The molecule has 0 fully saturated rings. The third kappa shape index (κ3) is 2.56. The van der Waals surface area contributed by atoms with E-state index in [1.165, 1.54) is 11.1 Å². The second-order valence-electron chi connectivity index (χ2n) is 5.88. The Balaban J connectivity index is 2.29. The van der Waals surface area contributed by atoms with Crippen molar-refractivity contribution in [3.05, 3.63) is 34.4 Å². The molecule has 3 heteroatoms. The molecule has 98 valence electrons. The molecule has 0 saturated carbocycles. The Morgan fingerprint density at radius 3 is 2.39 bits per heavy atom. The highest BCUT2D eigenvalue weighted by atomic mass is 16.4. The lowest BCUT2D eigenvalue weighted by atomic mass is 9.89. The number of fused-ring (bicyclic) bond motifs is 1. The molecule has 3 nitrogen and oxygen atoms in total. The van der Waals surface area contributed by atoms with Gasteiger partial charge in [-0.25, -0.2) is 0 Å². The summed E-state index contributed by atoms with van der Waals surface area (Å²) in [5.74, 6) is -0.568. The topological polar surface area (TPSA) is 57.5 Å². The van der Waals surface area contributed by atoms with Gasteiger partial charge < -0.3 is 10.2 Å². The predicted molar refractivity (Wildman–Crippen MR) is 69.7 cm³/mol. The molecule has 2 rings (SSSR count). The normalized spacial score (nSPS) is 18.8. The summed E-state index contributed by atoms with van der Waals surface area (Å²) in [6, 6.07) is 4.09. The van der Waals surface area contributed by atoms with E-state index in [4.69, 9.17) is 5.11 Å². The van der Waals surface area contributed by atoms with Crippen molar-refractivity contribution in [1.82, 2.24) is 0 Å². The van der Waals surface area contributed by atoms with Crippen LogP contribution in [0.1, 0.15) is 36.1 Å². The van der Waals surface area contributed by atoms with Gasteiger partial charge in [-0.15, -0.1) is 0 Å². The molecule has 1 atom stereocenters. The highest BCUT2D eigenvalue weighted by Gasteiger charge is 2.33. The first-order valence-corrected chi connectivity index (χ1v) is 6.33. The fraction of sp³-hybridized carbons (Fsp3) is 0.533. The number of hydrogen-bond donors (Lipinski definition) is 2. The van der Waals surface area contributed by atoms with E-state index in [1.54, 1.807) is 0 Å². The lowest BCUT2D eigenvalue weighted by molar-refractivity contribution is -0.136. The molecule has 18 heavy (non-hydrogen) atoms. The molecular formula is C15H20O3. The van der Waals surface area contributed by atoms with Gasteiger partial charge in [0, 0.05) is 0 Å². The molecule has 1 aromatic carbocycles. The lowest BCUT2D eigenvalue weighted by Crippen LogP contribution is -2.31. The molecule has 2 N–H and O–H groups in total. The van der Waals surface area contributed by atoms with Crippen molar-refractivity contribution < 1.29 is 15.0 Å². The van der Waals surface area contributed by atoms with Crippen LogP contribution in [0.25, 0.3) is 0 Å². The number of carbonyl (C=O) groups is 1. The van der Waals surface area contributed by atoms with Crippen molar-refractivity contribution in [1.29, 1.82) is 0 Å². The Morgan fingerprint density at radius 2 is 1.89 bits per heavy atom. The maximum absolute atomic E-state index is 10.8. The van der Waals surface area contributed by atoms with E-state index in [1.807, 2.05) is 26.8 Å². The summed E-state index contributed by atoms with van der Waals surface area (Å²) in [5.41, 5.74) is 3.70. The predicted octanol–water partition coefficient (Wildman–Crippen LogP) is 2.11. The van der Waals surface area contributed by atoms with E-state index in [0.717, 1.165) is 24.0 Å². The Bertz CT molecular complexity index is 483.